The summed E-state index contributed by atoms with van der Waals surface area (Å²) >= 11 is 0. The second-order valence-corrected chi connectivity index (χ2v) is 6.63. The summed E-state index contributed by atoms with van der Waals surface area (Å²) in [5.74, 6) is -0.187. The fourth-order valence-electron chi connectivity index (χ4n) is 4.19. The molecule has 1 aromatic rings. The SMILES string of the molecule is CO[C@@]12CC[C@H](OCCO)C[C@@H]1N(Cc1cccc(F)c1)CC2. The number of hydrogen-bond donors (Lipinski definition) is 1. The van der Waals surface area contributed by atoms with E-state index in [0.717, 1.165) is 44.3 Å². The number of aliphatic hydroxyl groups excluding tert-OH is 1. The molecule has 3 rings (SSSR count). The Kier molecular flexibility index (Phi) is 5.31. The quantitative estimate of drug-likeness (QED) is 0.872. The third kappa shape index (κ3) is 3.58. The third-order valence-corrected chi connectivity index (χ3v) is 5.37. The van der Waals surface area contributed by atoms with Crippen LogP contribution in [0.25, 0.3) is 0 Å². The van der Waals surface area contributed by atoms with Crippen LogP contribution in [0.3, 0.4) is 0 Å². The predicted octanol–water partition coefficient (Wildman–Crippen LogP) is 2.35. The van der Waals surface area contributed by atoms with E-state index in [9.17, 15) is 4.39 Å². The Balaban J connectivity index is 1.71. The van der Waals surface area contributed by atoms with Crippen LogP contribution in [0.2, 0.25) is 0 Å². The molecule has 1 saturated heterocycles. The summed E-state index contributed by atoms with van der Waals surface area (Å²) in [5, 5.41) is 8.96. The largest absolute Gasteiger partial charge is 0.394 e. The molecule has 2 fully saturated rings. The topological polar surface area (TPSA) is 41.9 Å². The highest BCUT2D eigenvalue weighted by atomic mass is 19.1. The number of methoxy groups -OCH3 is 1. The molecule has 1 saturated carbocycles. The van der Waals surface area contributed by atoms with Crippen molar-refractivity contribution in [1.29, 1.82) is 0 Å². The Morgan fingerprint density at radius 1 is 1.39 bits per heavy atom. The first-order valence-electron chi connectivity index (χ1n) is 8.43. The molecule has 0 radical (unpaired) electrons. The first kappa shape index (κ1) is 16.8. The van der Waals surface area contributed by atoms with Crippen molar-refractivity contribution in [2.24, 2.45) is 0 Å². The van der Waals surface area contributed by atoms with Crippen LogP contribution in [0.15, 0.2) is 24.3 Å². The molecule has 1 aromatic carbocycles. The van der Waals surface area contributed by atoms with E-state index in [4.69, 9.17) is 14.6 Å². The van der Waals surface area contributed by atoms with Gasteiger partial charge in [0.1, 0.15) is 5.82 Å². The Labute approximate surface area is 137 Å². The second-order valence-electron chi connectivity index (χ2n) is 6.63. The molecule has 1 aliphatic carbocycles. The van der Waals surface area contributed by atoms with E-state index >= 15 is 0 Å². The van der Waals surface area contributed by atoms with E-state index in [2.05, 4.69) is 4.90 Å². The molecule has 0 unspecified atom stereocenters. The van der Waals surface area contributed by atoms with Crippen LogP contribution >= 0.6 is 0 Å². The van der Waals surface area contributed by atoms with Crippen LogP contribution < -0.4 is 0 Å². The number of benzene rings is 1. The van der Waals surface area contributed by atoms with Crippen molar-refractivity contribution in [3.05, 3.63) is 35.6 Å². The van der Waals surface area contributed by atoms with Crippen molar-refractivity contribution >= 4 is 0 Å². The van der Waals surface area contributed by atoms with Gasteiger partial charge >= 0.3 is 0 Å². The minimum Gasteiger partial charge on any atom is -0.394 e. The highest BCUT2D eigenvalue weighted by Crippen LogP contribution is 2.43. The Bertz CT molecular complexity index is 527. The zero-order chi connectivity index (χ0) is 16.3. The Morgan fingerprint density at radius 3 is 3.00 bits per heavy atom. The predicted molar refractivity (Wildman–Crippen MR) is 85.6 cm³/mol. The first-order valence-corrected chi connectivity index (χ1v) is 8.43. The maximum absolute atomic E-state index is 13.4. The van der Waals surface area contributed by atoms with Crippen molar-refractivity contribution in [2.75, 3.05) is 26.9 Å². The highest BCUT2D eigenvalue weighted by molar-refractivity contribution is 5.17. The van der Waals surface area contributed by atoms with Gasteiger partial charge in [-0.25, -0.2) is 4.39 Å². The lowest BCUT2D eigenvalue weighted by Gasteiger charge is -2.43. The lowest BCUT2D eigenvalue weighted by Crippen LogP contribution is -2.51. The van der Waals surface area contributed by atoms with E-state index in [-0.39, 0.29) is 30.2 Å². The van der Waals surface area contributed by atoms with Crippen LogP contribution in [0.5, 0.6) is 0 Å². The maximum Gasteiger partial charge on any atom is 0.123 e. The van der Waals surface area contributed by atoms with E-state index in [0.29, 0.717) is 6.61 Å². The molecule has 3 atom stereocenters. The molecule has 23 heavy (non-hydrogen) atoms. The summed E-state index contributed by atoms with van der Waals surface area (Å²) < 4.78 is 25.1. The van der Waals surface area contributed by atoms with Crippen LogP contribution in [0.4, 0.5) is 4.39 Å². The minimum absolute atomic E-state index is 0.0591. The molecule has 4 nitrogen and oxygen atoms in total. The number of hydrogen-bond acceptors (Lipinski definition) is 4. The smallest absolute Gasteiger partial charge is 0.123 e. The molecule has 5 heteroatoms. The molecule has 1 aliphatic heterocycles. The summed E-state index contributed by atoms with van der Waals surface area (Å²) in [6.07, 6.45) is 4.03. The zero-order valence-electron chi connectivity index (χ0n) is 13.7. The van der Waals surface area contributed by atoms with E-state index < -0.39 is 0 Å². The number of fused-ring (bicyclic) bond motifs is 1. The molecule has 0 aromatic heterocycles. The first-order chi connectivity index (χ1) is 11.2. The number of likely N-dealkylation sites (tertiary alicyclic amines) is 1. The lowest BCUT2D eigenvalue weighted by molar-refractivity contribution is -0.104. The molecule has 0 amide bonds. The second kappa shape index (κ2) is 7.26. The van der Waals surface area contributed by atoms with Crippen LogP contribution in [-0.4, -0.2) is 54.6 Å². The maximum atomic E-state index is 13.4. The average Bonchev–Trinajstić information content (AvgIpc) is 2.92. The van der Waals surface area contributed by atoms with Gasteiger partial charge < -0.3 is 14.6 Å². The molecule has 2 aliphatic rings. The fourth-order valence-corrected chi connectivity index (χ4v) is 4.19. The van der Waals surface area contributed by atoms with Gasteiger partial charge in [-0.1, -0.05) is 12.1 Å². The summed E-state index contributed by atoms with van der Waals surface area (Å²) in [6, 6.07) is 7.10. The highest BCUT2D eigenvalue weighted by Gasteiger charge is 2.51. The van der Waals surface area contributed by atoms with Crippen molar-refractivity contribution in [1.82, 2.24) is 4.90 Å². The van der Waals surface area contributed by atoms with Gasteiger partial charge in [-0.05, 0) is 43.4 Å². The van der Waals surface area contributed by atoms with Gasteiger partial charge in [0, 0.05) is 26.2 Å². The van der Waals surface area contributed by atoms with Gasteiger partial charge in [-0.15, -0.1) is 0 Å². The van der Waals surface area contributed by atoms with Gasteiger partial charge in [0.2, 0.25) is 0 Å². The average molecular weight is 323 g/mol. The zero-order valence-corrected chi connectivity index (χ0v) is 13.7. The normalized spacial score (nSPS) is 31.3. The van der Waals surface area contributed by atoms with Gasteiger partial charge in [0.05, 0.1) is 24.9 Å². The number of ether oxygens (including phenoxy) is 2. The Morgan fingerprint density at radius 2 is 2.26 bits per heavy atom. The Hall–Kier alpha value is -1.01. The summed E-state index contributed by atoms with van der Waals surface area (Å²) in [7, 11) is 1.80. The molecule has 128 valence electrons. The van der Waals surface area contributed by atoms with Gasteiger partial charge in [0.15, 0.2) is 0 Å². The fraction of sp³-hybridized carbons (Fsp3) is 0.667. The summed E-state index contributed by atoms with van der Waals surface area (Å²) in [6.45, 7) is 2.15. The van der Waals surface area contributed by atoms with Crippen LogP contribution in [0, 0.1) is 5.82 Å². The van der Waals surface area contributed by atoms with Crippen molar-refractivity contribution < 1.29 is 19.0 Å². The van der Waals surface area contributed by atoms with E-state index in [1.54, 1.807) is 19.2 Å². The molecule has 1 heterocycles. The number of rotatable bonds is 6. The molecule has 1 N–H and O–H groups in total. The van der Waals surface area contributed by atoms with E-state index in [1.165, 1.54) is 6.07 Å². The van der Waals surface area contributed by atoms with Crippen LogP contribution in [-0.2, 0) is 16.0 Å². The van der Waals surface area contributed by atoms with Crippen molar-refractivity contribution in [2.45, 2.75) is 50.0 Å². The molecular weight excluding hydrogens is 297 g/mol. The third-order valence-electron chi connectivity index (χ3n) is 5.37. The minimum atomic E-state index is -0.187. The number of halogens is 1. The summed E-state index contributed by atoms with van der Waals surface area (Å²) in [4.78, 5) is 2.40. The van der Waals surface area contributed by atoms with Crippen molar-refractivity contribution in [3.8, 4) is 0 Å². The van der Waals surface area contributed by atoms with Gasteiger partial charge in [-0.3, -0.25) is 4.90 Å². The lowest BCUT2D eigenvalue weighted by atomic mass is 9.79. The molecule has 0 spiro atoms. The van der Waals surface area contributed by atoms with Crippen molar-refractivity contribution in [3.63, 3.8) is 0 Å². The monoisotopic (exact) mass is 323 g/mol. The molecule has 0 bridgehead atoms. The number of aliphatic hydroxyl groups is 1. The van der Waals surface area contributed by atoms with Gasteiger partial charge in [-0.2, -0.15) is 0 Å². The van der Waals surface area contributed by atoms with Gasteiger partial charge in [0.25, 0.3) is 0 Å². The number of nitrogens with zero attached hydrogens (tertiary/aromatic N) is 1. The standard InChI is InChI=1S/C18H26FNO3/c1-22-18-6-5-16(23-10-9-21)12-17(18)20(8-7-18)13-14-3-2-4-15(19)11-14/h2-4,11,16-17,21H,5-10,12-13H2,1H3/t16-,17-,18+/m0/s1. The summed E-state index contributed by atoms with van der Waals surface area (Å²) in [5.41, 5.74) is 0.891. The molecular formula is C18H26FNO3. The van der Waals surface area contributed by atoms with Crippen LogP contribution in [0.1, 0.15) is 31.2 Å². The van der Waals surface area contributed by atoms with E-state index in [1.807, 2.05) is 6.07 Å².